The summed E-state index contributed by atoms with van der Waals surface area (Å²) in [5.41, 5.74) is 0.908. The minimum Gasteiger partial charge on any atom is -0.481 e. The highest BCUT2D eigenvalue weighted by molar-refractivity contribution is 6.00. The van der Waals surface area contributed by atoms with Gasteiger partial charge in [-0.05, 0) is 18.1 Å². The van der Waals surface area contributed by atoms with Crippen molar-refractivity contribution in [1.82, 2.24) is 10.6 Å². The molecule has 0 atom stereocenters. The smallest absolute Gasteiger partial charge is 0.303 e. The van der Waals surface area contributed by atoms with Crippen LogP contribution in [-0.4, -0.2) is 29.4 Å². The Balaban J connectivity index is 2.69. The Hall–Kier alpha value is -2.63. The number of hydrogen-bond donors (Lipinski definition) is 3. The predicted octanol–water partition coefficient (Wildman–Crippen LogP) is 1.14. The third kappa shape index (κ3) is 6.91. The second kappa shape index (κ2) is 8.52. The molecule has 1 aromatic rings. The van der Waals surface area contributed by atoms with Crippen LogP contribution in [0, 0.1) is 0 Å². The fourth-order valence-corrected chi connectivity index (χ4v) is 1.60. The molecular weight excluding hydrogens is 272 g/mol. The zero-order valence-corrected chi connectivity index (χ0v) is 11.8. The largest absolute Gasteiger partial charge is 0.481 e. The summed E-state index contributed by atoms with van der Waals surface area (Å²) in [6, 6.07) is 9.10. The van der Waals surface area contributed by atoms with E-state index in [-0.39, 0.29) is 24.6 Å². The highest BCUT2D eigenvalue weighted by Gasteiger charge is 2.10. The number of carboxylic acids is 1. The maximum absolute atomic E-state index is 12.0. The second-order valence-corrected chi connectivity index (χ2v) is 4.40. The quantitative estimate of drug-likeness (QED) is 0.518. The van der Waals surface area contributed by atoms with E-state index in [0.717, 1.165) is 5.56 Å². The molecule has 3 N–H and O–H groups in total. The van der Waals surface area contributed by atoms with Gasteiger partial charge in [0.15, 0.2) is 0 Å². The first-order valence-corrected chi connectivity index (χ1v) is 6.53. The van der Waals surface area contributed by atoms with Crippen molar-refractivity contribution in [2.75, 3.05) is 6.54 Å². The summed E-state index contributed by atoms with van der Waals surface area (Å²) >= 11 is 0. The van der Waals surface area contributed by atoms with Crippen LogP contribution in [0.4, 0.5) is 0 Å². The Morgan fingerprint density at radius 1 is 1.19 bits per heavy atom. The van der Waals surface area contributed by atoms with Crippen molar-refractivity contribution < 1.29 is 19.5 Å². The Morgan fingerprint density at radius 3 is 2.43 bits per heavy atom. The highest BCUT2D eigenvalue weighted by atomic mass is 16.4. The second-order valence-electron chi connectivity index (χ2n) is 4.40. The number of carbonyl (C=O) groups is 3. The zero-order valence-electron chi connectivity index (χ0n) is 11.8. The molecule has 0 aliphatic heterocycles. The normalized spacial score (nSPS) is 10.8. The van der Waals surface area contributed by atoms with E-state index in [4.69, 9.17) is 5.11 Å². The molecule has 112 valence electrons. The molecule has 0 fully saturated rings. The fourth-order valence-electron chi connectivity index (χ4n) is 1.60. The maximum Gasteiger partial charge on any atom is 0.303 e. The molecule has 0 aromatic heterocycles. The maximum atomic E-state index is 12.0. The van der Waals surface area contributed by atoms with E-state index in [1.54, 1.807) is 18.2 Å². The number of benzene rings is 1. The third-order valence-corrected chi connectivity index (χ3v) is 2.52. The van der Waals surface area contributed by atoms with Gasteiger partial charge in [0.05, 0.1) is 0 Å². The van der Waals surface area contributed by atoms with E-state index >= 15 is 0 Å². The summed E-state index contributed by atoms with van der Waals surface area (Å²) in [5.74, 6) is -1.71. The molecule has 0 radical (unpaired) electrons. The molecule has 0 bridgehead atoms. The molecule has 2 amide bonds. The van der Waals surface area contributed by atoms with Gasteiger partial charge in [-0.15, -0.1) is 0 Å². The van der Waals surface area contributed by atoms with Gasteiger partial charge in [0.2, 0.25) is 5.91 Å². The minimum atomic E-state index is -0.911. The first-order chi connectivity index (χ1) is 9.99. The molecule has 0 saturated carbocycles. The standard InChI is InChI=1S/C15H18N2O4/c1-11(18)17-13(10-12-6-3-2-4-7-12)15(21)16-9-5-8-14(19)20/h2-4,6-7,10H,5,8-9H2,1H3,(H,16,21)(H,17,18)(H,19,20)/b13-10-. The van der Waals surface area contributed by atoms with Crippen molar-refractivity contribution in [3.05, 3.63) is 41.6 Å². The monoisotopic (exact) mass is 290 g/mol. The van der Waals surface area contributed by atoms with Crippen LogP contribution in [0.25, 0.3) is 6.08 Å². The first-order valence-electron chi connectivity index (χ1n) is 6.53. The molecule has 0 spiro atoms. The van der Waals surface area contributed by atoms with Crippen molar-refractivity contribution in [1.29, 1.82) is 0 Å². The molecule has 1 rings (SSSR count). The Morgan fingerprint density at radius 2 is 1.86 bits per heavy atom. The molecule has 1 aromatic carbocycles. The number of aliphatic carboxylic acids is 1. The number of rotatable bonds is 7. The molecule has 6 heteroatoms. The van der Waals surface area contributed by atoms with E-state index < -0.39 is 11.9 Å². The van der Waals surface area contributed by atoms with Gasteiger partial charge in [0.25, 0.3) is 5.91 Å². The van der Waals surface area contributed by atoms with Crippen molar-refractivity contribution in [2.24, 2.45) is 0 Å². The van der Waals surface area contributed by atoms with Crippen LogP contribution >= 0.6 is 0 Å². The summed E-state index contributed by atoms with van der Waals surface area (Å²) in [6.07, 6.45) is 1.88. The first kappa shape index (κ1) is 16.4. The molecular formula is C15H18N2O4. The summed E-state index contributed by atoms with van der Waals surface area (Å²) in [7, 11) is 0. The molecule has 21 heavy (non-hydrogen) atoms. The van der Waals surface area contributed by atoms with Crippen LogP contribution in [0.3, 0.4) is 0 Å². The van der Waals surface area contributed by atoms with E-state index in [1.165, 1.54) is 6.92 Å². The lowest BCUT2D eigenvalue weighted by atomic mass is 10.2. The molecule has 0 aliphatic carbocycles. The van der Waals surface area contributed by atoms with Crippen molar-refractivity contribution in [2.45, 2.75) is 19.8 Å². The lowest BCUT2D eigenvalue weighted by Gasteiger charge is -2.09. The fraction of sp³-hybridized carbons (Fsp3) is 0.267. The van der Waals surface area contributed by atoms with Crippen LogP contribution in [0.15, 0.2) is 36.0 Å². The van der Waals surface area contributed by atoms with Crippen molar-refractivity contribution >= 4 is 23.9 Å². The van der Waals surface area contributed by atoms with E-state index in [2.05, 4.69) is 10.6 Å². The van der Waals surface area contributed by atoms with Gasteiger partial charge < -0.3 is 15.7 Å². The van der Waals surface area contributed by atoms with Gasteiger partial charge in [-0.1, -0.05) is 30.3 Å². The lowest BCUT2D eigenvalue weighted by Crippen LogP contribution is -2.34. The number of hydrogen-bond acceptors (Lipinski definition) is 3. The average molecular weight is 290 g/mol. The third-order valence-electron chi connectivity index (χ3n) is 2.52. The van der Waals surface area contributed by atoms with Crippen LogP contribution in [-0.2, 0) is 14.4 Å². The van der Waals surface area contributed by atoms with Gasteiger partial charge in [-0.25, -0.2) is 0 Å². The Kier molecular flexibility index (Phi) is 6.67. The van der Waals surface area contributed by atoms with Crippen LogP contribution in [0.2, 0.25) is 0 Å². The Bertz CT molecular complexity index is 538. The predicted molar refractivity (Wildman–Crippen MR) is 78.1 cm³/mol. The van der Waals surface area contributed by atoms with Crippen LogP contribution in [0.1, 0.15) is 25.3 Å². The van der Waals surface area contributed by atoms with E-state index in [0.29, 0.717) is 6.42 Å². The summed E-state index contributed by atoms with van der Waals surface area (Å²) < 4.78 is 0. The molecule has 0 unspecified atom stereocenters. The Labute approximate surface area is 122 Å². The average Bonchev–Trinajstić information content (AvgIpc) is 2.43. The number of nitrogens with one attached hydrogen (secondary N) is 2. The van der Waals surface area contributed by atoms with Crippen molar-refractivity contribution in [3.63, 3.8) is 0 Å². The number of amides is 2. The topological polar surface area (TPSA) is 95.5 Å². The minimum absolute atomic E-state index is 0.0157. The summed E-state index contributed by atoms with van der Waals surface area (Å²) in [6.45, 7) is 1.55. The van der Waals surface area contributed by atoms with Gasteiger partial charge in [-0.2, -0.15) is 0 Å². The lowest BCUT2D eigenvalue weighted by molar-refractivity contribution is -0.137. The van der Waals surface area contributed by atoms with Gasteiger partial charge in [-0.3, -0.25) is 14.4 Å². The number of carboxylic acid groups (broad SMARTS) is 1. The van der Waals surface area contributed by atoms with E-state index in [9.17, 15) is 14.4 Å². The van der Waals surface area contributed by atoms with Crippen LogP contribution in [0.5, 0.6) is 0 Å². The van der Waals surface area contributed by atoms with Crippen LogP contribution < -0.4 is 10.6 Å². The van der Waals surface area contributed by atoms with Crippen molar-refractivity contribution in [3.8, 4) is 0 Å². The van der Waals surface area contributed by atoms with Gasteiger partial charge in [0.1, 0.15) is 5.70 Å². The highest BCUT2D eigenvalue weighted by Crippen LogP contribution is 2.05. The van der Waals surface area contributed by atoms with E-state index in [1.807, 2.05) is 18.2 Å². The van der Waals surface area contributed by atoms with Gasteiger partial charge >= 0.3 is 5.97 Å². The summed E-state index contributed by atoms with van der Waals surface area (Å²) in [4.78, 5) is 33.5. The molecule has 0 saturated heterocycles. The number of carbonyl (C=O) groups excluding carboxylic acids is 2. The molecule has 0 aliphatic rings. The zero-order chi connectivity index (χ0) is 15.7. The molecule has 6 nitrogen and oxygen atoms in total. The summed E-state index contributed by atoms with van der Waals surface area (Å²) in [5, 5.41) is 13.6. The SMILES string of the molecule is CC(=O)N/C(=C\c1ccccc1)C(=O)NCCCC(=O)O. The van der Waals surface area contributed by atoms with Gasteiger partial charge in [0, 0.05) is 19.9 Å². The molecule has 0 heterocycles.